The van der Waals surface area contributed by atoms with Crippen LogP contribution in [0.2, 0.25) is 0 Å². The molecular weight excluding hydrogens is 489 g/mol. The Morgan fingerprint density at radius 1 is 0.839 bits per heavy atom. The first-order valence-corrected chi connectivity index (χ1v) is 12.5. The Morgan fingerprint density at radius 3 is 2.16 bits per heavy atom. The van der Waals surface area contributed by atoms with Crippen molar-refractivity contribution in [2.24, 2.45) is 0 Å². The predicted octanol–water partition coefficient (Wildman–Crippen LogP) is 7.90. The highest BCUT2D eigenvalue weighted by Gasteiger charge is 2.34. The number of fused-ring (bicyclic) bond motifs is 2. The zero-order valence-electron chi connectivity index (χ0n) is 16.9. The normalized spacial score (nSPS) is 13.0. The van der Waals surface area contributed by atoms with Gasteiger partial charge < -0.3 is 4.74 Å². The SMILES string of the molecule is Cc1ccc2c(-c3c(S(=O)Br)c(C)cc4ccccc34)c(OC(F)(F)F)c(C)cc2c1. The molecule has 1 atom stereocenters. The Kier molecular flexibility index (Phi) is 5.60. The first kappa shape index (κ1) is 21.8. The number of rotatable bonds is 3. The maximum atomic E-state index is 13.4. The van der Waals surface area contributed by atoms with Crippen LogP contribution in [0, 0.1) is 20.8 Å². The van der Waals surface area contributed by atoms with Crippen LogP contribution in [-0.2, 0) is 9.23 Å². The molecule has 0 aromatic heterocycles. The predicted molar refractivity (Wildman–Crippen MR) is 123 cm³/mol. The molecule has 0 aliphatic carbocycles. The molecule has 0 heterocycles. The van der Waals surface area contributed by atoms with Gasteiger partial charge in [-0.25, -0.2) is 4.21 Å². The highest BCUT2D eigenvalue weighted by atomic mass is 79.9. The number of benzene rings is 4. The van der Waals surface area contributed by atoms with E-state index in [0.717, 1.165) is 16.3 Å². The van der Waals surface area contributed by atoms with Crippen LogP contribution in [0.1, 0.15) is 16.7 Å². The van der Waals surface area contributed by atoms with Gasteiger partial charge in [0.25, 0.3) is 0 Å². The second-order valence-corrected chi connectivity index (χ2v) is 10.1. The largest absolute Gasteiger partial charge is 0.573 e. The minimum atomic E-state index is -4.87. The van der Waals surface area contributed by atoms with Gasteiger partial charge in [-0.15, -0.1) is 13.2 Å². The zero-order valence-corrected chi connectivity index (χ0v) is 19.3. The minimum Gasteiger partial charge on any atom is -0.405 e. The molecule has 0 radical (unpaired) electrons. The topological polar surface area (TPSA) is 26.3 Å². The third kappa shape index (κ3) is 4.08. The van der Waals surface area contributed by atoms with Crippen molar-refractivity contribution in [1.82, 2.24) is 0 Å². The van der Waals surface area contributed by atoms with E-state index in [-0.39, 0.29) is 11.3 Å². The van der Waals surface area contributed by atoms with E-state index in [4.69, 9.17) is 0 Å². The number of aryl methyl sites for hydroxylation is 3. The smallest absolute Gasteiger partial charge is 0.405 e. The lowest BCUT2D eigenvalue weighted by molar-refractivity contribution is -0.274. The van der Waals surface area contributed by atoms with Crippen LogP contribution >= 0.6 is 14.8 Å². The third-order valence-corrected chi connectivity index (χ3v) is 7.07. The van der Waals surface area contributed by atoms with E-state index in [0.29, 0.717) is 32.4 Å². The summed E-state index contributed by atoms with van der Waals surface area (Å²) in [6.45, 7) is 5.32. The van der Waals surface area contributed by atoms with Gasteiger partial charge in [-0.3, -0.25) is 0 Å². The van der Waals surface area contributed by atoms with E-state index in [1.807, 2.05) is 49.4 Å². The molecule has 4 aromatic carbocycles. The van der Waals surface area contributed by atoms with Crippen LogP contribution in [-0.4, -0.2) is 10.6 Å². The summed E-state index contributed by atoms with van der Waals surface area (Å²) in [6, 6.07) is 16.5. The lowest BCUT2D eigenvalue weighted by atomic mass is 9.89. The first-order valence-electron chi connectivity index (χ1n) is 9.47. The molecule has 4 rings (SSSR count). The summed E-state index contributed by atoms with van der Waals surface area (Å²) in [7, 11) is -1.62. The Morgan fingerprint density at radius 2 is 1.48 bits per heavy atom. The van der Waals surface area contributed by atoms with E-state index in [9.17, 15) is 17.4 Å². The van der Waals surface area contributed by atoms with Gasteiger partial charge in [-0.1, -0.05) is 54.1 Å². The van der Waals surface area contributed by atoms with Gasteiger partial charge in [0, 0.05) is 25.9 Å². The van der Waals surface area contributed by atoms with Gasteiger partial charge in [-0.2, -0.15) is 0 Å². The fraction of sp³-hybridized carbons (Fsp3) is 0.167. The van der Waals surface area contributed by atoms with Gasteiger partial charge in [-0.05, 0) is 59.5 Å². The van der Waals surface area contributed by atoms with Crippen molar-refractivity contribution < 1.29 is 22.1 Å². The fourth-order valence-electron chi connectivity index (χ4n) is 4.07. The summed E-state index contributed by atoms with van der Waals surface area (Å²) in [6.07, 6.45) is -4.87. The highest BCUT2D eigenvalue weighted by Crippen LogP contribution is 2.48. The summed E-state index contributed by atoms with van der Waals surface area (Å²) < 4.78 is 57.6. The third-order valence-electron chi connectivity index (χ3n) is 5.25. The van der Waals surface area contributed by atoms with Crippen LogP contribution in [0.15, 0.2) is 59.5 Å². The van der Waals surface area contributed by atoms with Crippen molar-refractivity contribution in [2.75, 3.05) is 0 Å². The molecule has 160 valence electrons. The van der Waals surface area contributed by atoms with Crippen molar-refractivity contribution in [2.45, 2.75) is 32.0 Å². The van der Waals surface area contributed by atoms with Gasteiger partial charge >= 0.3 is 6.36 Å². The summed E-state index contributed by atoms with van der Waals surface area (Å²) in [5.41, 5.74) is 2.81. The summed E-state index contributed by atoms with van der Waals surface area (Å²) in [4.78, 5) is 0.429. The molecule has 1 unspecified atom stereocenters. The fourth-order valence-corrected chi connectivity index (χ4v) is 6.00. The monoisotopic (exact) mass is 506 g/mol. The molecule has 0 amide bonds. The van der Waals surface area contributed by atoms with Gasteiger partial charge in [0.1, 0.15) is 15.0 Å². The molecule has 0 saturated heterocycles. The van der Waals surface area contributed by atoms with Crippen molar-refractivity contribution in [3.8, 4) is 16.9 Å². The second kappa shape index (κ2) is 7.95. The van der Waals surface area contributed by atoms with Crippen LogP contribution in [0.25, 0.3) is 32.7 Å². The lowest BCUT2D eigenvalue weighted by Gasteiger charge is -2.22. The Bertz CT molecular complexity index is 1360. The number of hydrogen-bond donors (Lipinski definition) is 0. The van der Waals surface area contributed by atoms with Crippen LogP contribution in [0.3, 0.4) is 0 Å². The minimum absolute atomic E-state index is 0.279. The first-order chi connectivity index (χ1) is 14.6. The molecule has 0 spiro atoms. The summed E-state index contributed by atoms with van der Waals surface area (Å²) in [5, 5.41) is 2.94. The van der Waals surface area contributed by atoms with Crippen molar-refractivity contribution in [3.05, 3.63) is 71.3 Å². The molecule has 0 aliphatic rings. The highest BCUT2D eigenvalue weighted by molar-refractivity contribution is 9.46. The molecule has 0 bridgehead atoms. The second-order valence-electron chi connectivity index (χ2n) is 7.51. The molecule has 2 nitrogen and oxygen atoms in total. The van der Waals surface area contributed by atoms with Gasteiger partial charge in [0.2, 0.25) is 0 Å². The van der Waals surface area contributed by atoms with E-state index in [1.165, 1.54) is 0 Å². The average molecular weight is 507 g/mol. The molecular formula is C24H18BrF3O2S. The number of halogens is 4. The number of hydrogen-bond acceptors (Lipinski definition) is 2. The number of ether oxygens (including phenoxy) is 1. The molecule has 0 N–H and O–H groups in total. The average Bonchev–Trinajstić information content (AvgIpc) is 2.66. The van der Waals surface area contributed by atoms with Crippen LogP contribution < -0.4 is 4.74 Å². The van der Waals surface area contributed by atoms with Crippen LogP contribution in [0.5, 0.6) is 5.75 Å². The molecule has 0 fully saturated rings. The molecule has 7 heteroatoms. The lowest BCUT2D eigenvalue weighted by Crippen LogP contribution is -2.18. The van der Waals surface area contributed by atoms with E-state index in [1.54, 1.807) is 26.0 Å². The summed E-state index contributed by atoms with van der Waals surface area (Å²) in [5.74, 6) is -0.279. The maximum absolute atomic E-state index is 13.4. The Balaban J connectivity index is 2.28. The van der Waals surface area contributed by atoms with E-state index in [2.05, 4.69) is 19.5 Å². The standard InChI is InChI=1S/C24H18BrF3O2S/c1-13-8-9-19-17(10-13)11-14(2)22(30-24(26,27)28)20(19)21-18-7-5-4-6-16(18)12-15(3)23(21)31(25)29/h4-12H,1-3H3. The van der Waals surface area contributed by atoms with Crippen molar-refractivity contribution in [1.29, 1.82) is 0 Å². The van der Waals surface area contributed by atoms with Crippen molar-refractivity contribution in [3.63, 3.8) is 0 Å². The summed E-state index contributed by atoms with van der Waals surface area (Å²) >= 11 is 3.16. The quantitative estimate of drug-likeness (QED) is 0.264. The maximum Gasteiger partial charge on any atom is 0.573 e. The number of alkyl halides is 3. The molecule has 4 aromatic rings. The van der Waals surface area contributed by atoms with Crippen LogP contribution in [0.4, 0.5) is 13.2 Å². The zero-order chi connectivity index (χ0) is 22.5. The molecule has 31 heavy (non-hydrogen) atoms. The van der Waals surface area contributed by atoms with Gasteiger partial charge in [0.15, 0.2) is 0 Å². The molecule has 0 saturated carbocycles. The van der Waals surface area contributed by atoms with Crippen molar-refractivity contribution >= 4 is 45.6 Å². The van der Waals surface area contributed by atoms with Gasteiger partial charge in [0.05, 0.1) is 4.90 Å². The van der Waals surface area contributed by atoms with E-state index >= 15 is 0 Å². The Labute approximate surface area is 187 Å². The van der Waals surface area contributed by atoms with E-state index < -0.39 is 15.6 Å². The Hall–Kier alpha value is -2.38. The molecule has 0 aliphatic heterocycles.